The fourth-order valence-corrected chi connectivity index (χ4v) is 3.44. The first kappa shape index (κ1) is 18.1. The highest BCUT2D eigenvalue weighted by atomic mass is 35.5. The summed E-state index contributed by atoms with van der Waals surface area (Å²) in [7, 11) is 0. The summed E-state index contributed by atoms with van der Waals surface area (Å²) in [6.07, 6.45) is -3.77. The van der Waals surface area contributed by atoms with Crippen LogP contribution < -0.4 is 5.56 Å². The SMILES string of the molecule is O=c1[nH]cnc2c1ccn2[C@@H]1O[C@H]([C@H](O)c2ccc(F)c(Cl)c2)[C@@H](O)[C@H]1O. The summed E-state index contributed by atoms with van der Waals surface area (Å²) in [6.45, 7) is 0. The van der Waals surface area contributed by atoms with Gasteiger partial charge in [0.05, 0.1) is 16.7 Å². The van der Waals surface area contributed by atoms with Crippen LogP contribution in [0.5, 0.6) is 0 Å². The lowest BCUT2D eigenvalue weighted by Crippen LogP contribution is -2.34. The van der Waals surface area contributed by atoms with Crippen molar-refractivity contribution >= 4 is 22.6 Å². The molecule has 10 heteroatoms. The van der Waals surface area contributed by atoms with Gasteiger partial charge in [0.2, 0.25) is 0 Å². The van der Waals surface area contributed by atoms with E-state index in [1.165, 1.54) is 35.3 Å². The monoisotopic (exact) mass is 395 g/mol. The molecule has 0 radical (unpaired) electrons. The summed E-state index contributed by atoms with van der Waals surface area (Å²) in [6, 6.07) is 5.14. The van der Waals surface area contributed by atoms with Gasteiger partial charge in [0.15, 0.2) is 6.23 Å². The number of rotatable bonds is 3. The molecule has 0 saturated carbocycles. The van der Waals surface area contributed by atoms with Crippen LogP contribution in [0.2, 0.25) is 5.02 Å². The van der Waals surface area contributed by atoms with Crippen molar-refractivity contribution < 1.29 is 24.4 Å². The predicted molar refractivity (Wildman–Crippen MR) is 92.6 cm³/mol. The van der Waals surface area contributed by atoms with E-state index in [4.69, 9.17) is 16.3 Å². The Morgan fingerprint density at radius 2 is 2.07 bits per heavy atom. The fraction of sp³-hybridized carbons (Fsp3) is 0.294. The zero-order valence-corrected chi connectivity index (χ0v) is 14.4. The van der Waals surface area contributed by atoms with Gasteiger partial charge in [0, 0.05) is 6.20 Å². The van der Waals surface area contributed by atoms with E-state index in [1.807, 2.05) is 0 Å². The van der Waals surface area contributed by atoms with Gasteiger partial charge in [-0.3, -0.25) is 4.79 Å². The lowest BCUT2D eigenvalue weighted by Gasteiger charge is -2.21. The van der Waals surface area contributed by atoms with Crippen LogP contribution in [0, 0.1) is 5.82 Å². The highest BCUT2D eigenvalue weighted by Crippen LogP contribution is 2.37. The number of hydrogen-bond acceptors (Lipinski definition) is 6. The molecule has 0 amide bonds. The second kappa shape index (κ2) is 6.70. The van der Waals surface area contributed by atoms with Crippen molar-refractivity contribution in [1.29, 1.82) is 0 Å². The molecule has 1 aliphatic heterocycles. The van der Waals surface area contributed by atoms with Crippen molar-refractivity contribution in [2.45, 2.75) is 30.6 Å². The normalized spacial score (nSPS) is 26.6. The summed E-state index contributed by atoms with van der Waals surface area (Å²) >= 11 is 5.74. The number of aliphatic hydroxyl groups excluding tert-OH is 3. The Bertz CT molecular complexity index is 1050. The smallest absolute Gasteiger partial charge is 0.260 e. The summed E-state index contributed by atoms with van der Waals surface area (Å²) in [4.78, 5) is 18.3. The van der Waals surface area contributed by atoms with Gasteiger partial charge in [-0.1, -0.05) is 17.7 Å². The summed E-state index contributed by atoms with van der Waals surface area (Å²) < 4.78 is 20.4. The molecule has 1 aromatic carbocycles. The third-order valence-electron chi connectivity index (χ3n) is 4.66. The number of nitrogens with zero attached hydrogens (tertiary/aromatic N) is 2. The number of nitrogens with one attached hydrogen (secondary N) is 1. The number of benzene rings is 1. The maximum absolute atomic E-state index is 13.3. The zero-order chi connectivity index (χ0) is 19.3. The third kappa shape index (κ3) is 2.93. The molecule has 8 nitrogen and oxygen atoms in total. The molecule has 2 aromatic heterocycles. The standard InChI is InChI=1S/C17H15ClFN3O5/c18-9-5-7(1-2-10(9)19)11(23)14-12(24)13(25)17(27-14)22-4-3-8-15(22)20-6-21-16(8)26/h1-6,11-14,17,23-25H,(H,20,21,26)/t11-,12+,13-,14-,17-/m1/s1. The maximum atomic E-state index is 13.3. The fourth-order valence-electron chi connectivity index (χ4n) is 3.25. The second-order valence-corrected chi connectivity index (χ2v) is 6.69. The van der Waals surface area contributed by atoms with E-state index in [-0.39, 0.29) is 27.2 Å². The molecule has 142 valence electrons. The summed E-state index contributed by atoms with van der Waals surface area (Å²) in [5, 5.41) is 31.4. The van der Waals surface area contributed by atoms with Crippen molar-refractivity contribution in [2.75, 3.05) is 0 Å². The molecule has 1 saturated heterocycles. The van der Waals surface area contributed by atoms with Crippen molar-refractivity contribution in [2.24, 2.45) is 0 Å². The molecular formula is C17H15ClFN3O5. The van der Waals surface area contributed by atoms with Crippen LogP contribution in [0.1, 0.15) is 17.9 Å². The molecule has 0 spiro atoms. The molecular weight excluding hydrogens is 381 g/mol. The minimum absolute atomic E-state index is 0.184. The number of ether oxygens (including phenoxy) is 1. The first-order valence-electron chi connectivity index (χ1n) is 8.07. The van der Waals surface area contributed by atoms with Gasteiger partial charge in [-0.25, -0.2) is 9.37 Å². The quantitative estimate of drug-likeness (QED) is 0.522. The van der Waals surface area contributed by atoms with E-state index < -0.39 is 36.5 Å². The number of hydrogen-bond donors (Lipinski definition) is 4. The molecule has 3 aromatic rings. The highest BCUT2D eigenvalue weighted by molar-refractivity contribution is 6.30. The van der Waals surface area contributed by atoms with Crippen LogP contribution in [0.25, 0.3) is 11.0 Å². The van der Waals surface area contributed by atoms with Crippen LogP contribution in [-0.4, -0.2) is 48.2 Å². The van der Waals surface area contributed by atoms with Gasteiger partial charge in [-0.2, -0.15) is 0 Å². The van der Waals surface area contributed by atoms with Gasteiger partial charge in [0.1, 0.15) is 35.9 Å². The Labute approximate surface area is 156 Å². The van der Waals surface area contributed by atoms with Crippen molar-refractivity contribution in [1.82, 2.24) is 14.5 Å². The van der Waals surface area contributed by atoms with Gasteiger partial charge in [0.25, 0.3) is 5.56 Å². The lowest BCUT2D eigenvalue weighted by molar-refractivity contribution is -0.0848. The van der Waals surface area contributed by atoms with Crippen LogP contribution in [0.4, 0.5) is 4.39 Å². The van der Waals surface area contributed by atoms with E-state index in [0.29, 0.717) is 0 Å². The molecule has 4 rings (SSSR count). The van der Waals surface area contributed by atoms with Gasteiger partial charge < -0.3 is 29.6 Å². The number of aromatic amines is 1. The Balaban J connectivity index is 1.66. The average molecular weight is 396 g/mol. The lowest BCUT2D eigenvalue weighted by atomic mass is 9.99. The molecule has 1 aliphatic rings. The maximum Gasteiger partial charge on any atom is 0.260 e. The molecule has 0 unspecified atom stereocenters. The molecule has 3 heterocycles. The Kier molecular flexibility index (Phi) is 4.49. The average Bonchev–Trinajstić information content (AvgIpc) is 3.20. The Morgan fingerprint density at radius 3 is 2.81 bits per heavy atom. The largest absolute Gasteiger partial charge is 0.387 e. The summed E-state index contributed by atoms with van der Waals surface area (Å²) in [5.41, 5.74) is 0.129. The molecule has 4 N–H and O–H groups in total. The second-order valence-electron chi connectivity index (χ2n) is 6.28. The van der Waals surface area contributed by atoms with E-state index in [2.05, 4.69) is 9.97 Å². The third-order valence-corrected chi connectivity index (χ3v) is 4.95. The molecule has 1 fully saturated rings. The van der Waals surface area contributed by atoms with E-state index >= 15 is 0 Å². The predicted octanol–water partition coefficient (Wildman–Crippen LogP) is 0.870. The van der Waals surface area contributed by atoms with E-state index in [1.54, 1.807) is 0 Å². The van der Waals surface area contributed by atoms with Crippen molar-refractivity contribution in [3.05, 3.63) is 63.5 Å². The number of aromatic nitrogens is 3. The van der Waals surface area contributed by atoms with Gasteiger partial charge >= 0.3 is 0 Å². The molecule has 27 heavy (non-hydrogen) atoms. The minimum Gasteiger partial charge on any atom is -0.387 e. The molecule has 0 bridgehead atoms. The topological polar surface area (TPSA) is 121 Å². The zero-order valence-electron chi connectivity index (χ0n) is 13.7. The van der Waals surface area contributed by atoms with Crippen molar-refractivity contribution in [3.63, 3.8) is 0 Å². The first-order valence-corrected chi connectivity index (χ1v) is 8.45. The van der Waals surface area contributed by atoms with E-state index in [9.17, 15) is 24.5 Å². The van der Waals surface area contributed by atoms with Gasteiger partial charge in [-0.05, 0) is 23.8 Å². The minimum atomic E-state index is -1.44. The van der Waals surface area contributed by atoms with Crippen LogP contribution >= 0.6 is 11.6 Å². The number of H-pyrrole nitrogens is 1. The van der Waals surface area contributed by atoms with Crippen molar-refractivity contribution in [3.8, 4) is 0 Å². The van der Waals surface area contributed by atoms with Crippen LogP contribution in [0.3, 0.4) is 0 Å². The molecule has 0 aliphatic carbocycles. The number of aliphatic hydroxyl groups is 3. The van der Waals surface area contributed by atoms with Crippen LogP contribution in [-0.2, 0) is 4.74 Å². The van der Waals surface area contributed by atoms with Crippen LogP contribution in [0.15, 0.2) is 41.6 Å². The Morgan fingerprint density at radius 1 is 1.30 bits per heavy atom. The first-order chi connectivity index (χ1) is 12.9. The Hall–Kier alpha value is -2.30. The number of halogens is 2. The number of fused-ring (bicyclic) bond motifs is 1. The van der Waals surface area contributed by atoms with Gasteiger partial charge in [-0.15, -0.1) is 0 Å². The molecule has 5 atom stereocenters. The summed E-state index contributed by atoms with van der Waals surface area (Å²) in [5.74, 6) is -0.645. The van der Waals surface area contributed by atoms with E-state index in [0.717, 1.165) is 6.07 Å². The highest BCUT2D eigenvalue weighted by Gasteiger charge is 2.47.